The first-order valence-electron chi connectivity index (χ1n) is 6.36. The number of hydrogen-bond acceptors (Lipinski definition) is 2. The predicted octanol–water partition coefficient (Wildman–Crippen LogP) is 3.36. The highest BCUT2D eigenvalue weighted by Gasteiger charge is 2.30. The van der Waals surface area contributed by atoms with Gasteiger partial charge in [0.25, 0.3) is 0 Å². The van der Waals surface area contributed by atoms with E-state index in [-0.39, 0.29) is 24.4 Å². The van der Waals surface area contributed by atoms with Gasteiger partial charge in [0.2, 0.25) is 0 Å². The Hall–Kier alpha value is -0.280. The first-order valence-corrected chi connectivity index (χ1v) is 6.73. The number of rotatable bonds is 3. The molecule has 3 N–H and O–H groups in total. The molecule has 4 heteroatoms. The summed E-state index contributed by atoms with van der Waals surface area (Å²) in [6.07, 6.45) is 4.12. The van der Waals surface area contributed by atoms with Crippen LogP contribution in [-0.2, 0) is 0 Å². The van der Waals surface area contributed by atoms with Gasteiger partial charge in [-0.25, -0.2) is 0 Å². The Kier molecular flexibility index (Phi) is 6.44. The predicted molar refractivity (Wildman–Crippen MR) is 78.5 cm³/mol. The Balaban J connectivity index is 0.00000162. The summed E-state index contributed by atoms with van der Waals surface area (Å²) in [7, 11) is 0. The average Bonchev–Trinajstić information content (AvgIpc) is 2.35. The summed E-state index contributed by atoms with van der Waals surface area (Å²) in [5.74, 6) is 0.553. The Labute approximate surface area is 120 Å². The number of hydrogen-bond donors (Lipinski definition) is 2. The van der Waals surface area contributed by atoms with Gasteiger partial charge in [0.05, 0.1) is 6.10 Å². The zero-order valence-electron chi connectivity index (χ0n) is 10.4. The van der Waals surface area contributed by atoms with Crippen molar-refractivity contribution in [3.05, 3.63) is 34.9 Å². The SMILES string of the molecule is Cl.NC[C@@H](c1ccc(Cl)cc1)C1CCCC[C@@H]1O. The van der Waals surface area contributed by atoms with Crippen LogP contribution in [0.1, 0.15) is 37.2 Å². The van der Waals surface area contributed by atoms with E-state index in [9.17, 15) is 5.11 Å². The van der Waals surface area contributed by atoms with Crippen LogP contribution in [0.2, 0.25) is 5.02 Å². The van der Waals surface area contributed by atoms with Gasteiger partial charge in [-0.2, -0.15) is 0 Å². The average molecular weight is 290 g/mol. The van der Waals surface area contributed by atoms with Gasteiger partial charge >= 0.3 is 0 Å². The lowest BCUT2D eigenvalue weighted by atomic mass is 9.75. The molecule has 3 atom stereocenters. The fourth-order valence-corrected chi connectivity index (χ4v) is 3.00. The molecule has 0 aliphatic heterocycles. The van der Waals surface area contributed by atoms with Crippen molar-refractivity contribution >= 4 is 24.0 Å². The quantitative estimate of drug-likeness (QED) is 0.896. The smallest absolute Gasteiger partial charge is 0.0574 e. The van der Waals surface area contributed by atoms with Gasteiger partial charge in [-0.3, -0.25) is 0 Å². The topological polar surface area (TPSA) is 46.2 Å². The summed E-state index contributed by atoms with van der Waals surface area (Å²) in [4.78, 5) is 0. The molecular weight excluding hydrogens is 269 g/mol. The van der Waals surface area contributed by atoms with Gasteiger partial charge in [-0.1, -0.05) is 36.6 Å². The normalized spacial score (nSPS) is 25.3. The van der Waals surface area contributed by atoms with Crippen LogP contribution < -0.4 is 5.73 Å². The first kappa shape index (κ1) is 15.8. The Morgan fingerprint density at radius 2 is 1.83 bits per heavy atom. The molecule has 102 valence electrons. The molecule has 1 unspecified atom stereocenters. The molecule has 2 rings (SSSR count). The molecule has 1 aliphatic carbocycles. The molecule has 2 nitrogen and oxygen atoms in total. The summed E-state index contributed by atoms with van der Waals surface area (Å²) in [6.45, 7) is 0.587. The highest BCUT2D eigenvalue weighted by molar-refractivity contribution is 6.30. The van der Waals surface area contributed by atoms with Crippen molar-refractivity contribution in [2.24, 2.45) is 11.7 Å². The fraction of sp³-hybridized carbons (Fsp3) is 0.571. The van der Waals surface area contributed by atoms with E-state index in [0.29, 0.717) is 12.5 Å². The number of halogens is 2. The van der Waals surface area contributed by atoms with E-state index in [0.717, 1.165) is 24.3 Å². The van der Waals surface area contributed by atoms with Gasteiger partial charge in [-0.15, -0.1) is 12.4 Å². The van der Waals surface area contributed by atoms with Crippen molar-refractivity contribution in [3.8, 4) is 0 Å². The molecule has 1 aliphatic rings. The molecule has 1 aromatic rings. The third-order valence-electron chi connectivity index (χ3n) is 3.85. The van der Waals surface area contributed by atoms with Crippen LogP contribution >= 0.6 is 24.0 Å². The zero-order valence-corrected chi connectivity index (χ0v) is 12.0. The summed E-state index contributed by atoms with van der Waals surface area (Å²) in [6, 6.07) is 7.85. The molecule has 0 aromatic heterocycles. The Morgan fingerprint density at radius 1 is 1.22 bits per heavy atom. The number of aliphatic hydroxyl groups excluding tert-OH is 1. The molecule has 0 bridgehead atoms. The maximum absolute atomic E-state index is 10.1. The van der Waals surface area contributed by atoms with Crippen molar-refractivity contribution in [2.45, 2.75) is 37.7 Å². The van der Waals surface area contributed by atoms with Gasteiger partial charge < -0.3 is 10.8 Å². The third-order valence-corrected chi connectivity index (χ3v) is 4.10. The number of aliphatic hydroxyl groups is 1. The maximum atomic E-state index is 10.1. The minimum absolute atomic E-state index is 0. The van der Waals surface area contributed by atoms with Crippen molar-refractivity contribution < 1.29 is 5.11 Å². The number of nitrogens with two attached hydrogens (primary N) is 1. The largest absolute Gasteiger partial charge is 0.393 e. The van der Waals surface area contributed by atoms with E-state index < -0.39 is 0 Å². The van der Waals surface area contributed by atoms with Crippen LogP contribution in [0.4, 0.5) is 0 Å². The third kappa shape index (κ3) is 3.61. The molecule has 1 saturated carbocycles. The highest BCUT2D eigenvalue weighted by atomic mass is 35.5. The molecule has 0 amide bonds. The minimum atomic E-state index is -0.201. The molecule has 0 radical (unpaired) electrons. The van der Waals surface area contributed by atoms with Gasteiger partial charge in [0.1, 0.15) is 0 Å². The van der Waals surface area contributed by atoms with Crippen LogP contribution in [0.5, 0.6) is 0 Å². The van der Waals surface area contributed by atoms with Crippen LogP contribution in [0.15, 0.2) is 24.3 Å². The van der Waals surface area contributed by atoms with Crippen molar-refractivity contribution in [1.29, 1.82) is 0 Å². The van der Waals surface area contributed by atoms with E-state index in [4.69, 9.17) is 17.3 Å². The standard InChI is InChI=1S/C14H20ClNO.ClH/c15-11-7-5-10(6-8-11)13(9-16)12-3-1-2-4-14(12)17;/h5-8,12-14,17H,1-4,9,16H2;1H/t12?,13-,14-;/m0./s1. The van der Waals surface area contributed by atoms with E-state index in [1.54, 1.807) is 0 Å². The second kappa shape index (κ2) is 7.34. The molecule has 0 heterocycles. The molecule has 0 saturated heterocycles. The molecular formula is C14H21Cl2NO. The van der Waals surface area contributed by atoms with Crippen LogP contribution in [0.3, 0.4) is 0 Å². The van der Waals surface area contributed by atoms with E-state index >= 15 is 0 Å². The van der Waals surface area contributed by atoms with Crippen LogP contribution in [0, 0.1) is 5.92 Å². The summed E-state index contributed by atoms with van der Waals surface area (Å²) >= 11 is 5.89. The van der Waals surface area contributed by atoms with E-state index in [1.807, 2.05) is 24.3 Å². The summed E-state index contributed by atoms with van der Waals surface area (Å²) in [5.41, 5.74) is 7.09. The van der Waals surface area contributed by atoms with Crippen molar-refractivity contribution in [2.75, 3.05) is 6.54 Å². The van der Waals surface area contributed by atoms with Gasteiger partial charge in [0.15, 0.2) is 0 Å². The van der Waals surface area contributed by atoms with Gasteiger partial charge in [0, 0.05) is 10.9 Å². The second-order valence-corrected chi connectivity index (χ2v) is 5.35. The summed E-state index contributed by atoms with van der Waals surface area (Å²) in [5, 5.41) is 10.8. The van der Waals surface area contributed by atoms with Gasteiger partial charge in [-0.05, 0) is 43.0 Å². The molecule has 1 aromatic carbocycles. The Bertz CT molecular complexity index is 355. The molecule has 0 spiro atoms. The number of benzene rings is 1. The highest BCUT2D eigenvalue weighted by Crippen LogP contribution is 2.36. The lowest BCUT2D eigenvalue weighted by Crippen LogP contribution is -2.33. The van der Waals surface area contributed by atoms with E-state index in [2.05, 4.69) is 0 Å². The molecule has 18 heavy (non-hydrogen) atoms. The lowest BCUT2D eigenvalue weighted by molar-refractivity contribution is 0.0561. The maximum Gasteiger partial charge on any atom is 0.0574 e. The van der Waals surface area contributed by atoms with Crippen molar-refractivity contribution in [3.63, 3.8) is 0 Å². The fourth-order valence-electron chi connectivity index (χ4n) is 2.88. The van der Waals surface area contributed by atoms with Crippen LogP contribution in [0.25, 0.3) is 0 Å². The summed E-state index contributed by atoms with van der Waals surface area (Å²) < 4.78 is 0. The second-order valence-electron chi connectivity index (χ2n) is 4.91. The minimum Gasteiger partial charge on any atom is -0.393 e. The Morgan fingerprint density at radius 3 is 2.39 bits per heavy atom. The van der Waals surface area contributed by atoms with E-state index in [1.165, 1.54) is 12.0 Å². The first-order chi connectivity index (χ1) is 8.22. The zero-order chi connectivity index (χ0) is 12.3. The lowest BCUT2D eigenvalue weighted by Gasteiger charge is -2.34. The van der Waals surface area contributed by atoms with Crippen LogP contribution in [-0.4, -0.2) is 17.8 Å². The van der Waals surface area contributed by atoms with Crippen molar-refractivity contribution in [1.82, 2.24) is 0 Å². The monoisotopic (exact) mass is 289 g/mol. The molecule has 1 fully saturated rings.